The van der Waals surface area contributed by atoms with Crippen molar-refractivity contribution >= 4 is 21.8 Å². The molecule has 0 aliphatic carbocycles. The van der Waals surface area contributed by atoms with Crippen LogP contribution in [0.5, 0.6) is 0 Å². The summed E-state index contributed by atoms with van der Waals surface area (Å²) in [6, 6.07) is 5.58. The molecule has 0 saturated carbocycles. The van der Waals surface area contributed by atoms with Crippen molar-refractivity contribution in [3.05, 3.63) is 33.8 Å². The molecule has 1 unspecified atom stereocenters. The fourth-order valence-electron chi connectivity index (χ4n) is 1.79. The number of benzene rings is 1. The topological polar surface area (TPSA) is 87.9 Å². The first-order valence-corrected chi connectivity index (χ1v) is 6.54. The van der Waals surface area contributed by atoms with Gasteiger partial charge in [0, 0.05) is 17.1 Å². The van der Waals surface area contributed by atoms with E-state index in [1.165, 1.54) is 5.01 Å². The Kier molecular flexibility index (Phi) is 5.58. The molecule has 1 atom stereocenters. The molecular weight excluding hydrogens is 296 g/mol. The van der Waals surface area contributed by atoms with E-state index in [0.29, 0.717) is 12.3 Å². The molecule has 0 aliphatic heterocycles. The molecule has 1 rings (SSSR count). The van der Waals surface area contributed by atoms with Crippen molar-refractivity contribution in [1.29, 1.82) is 0 Å². The average molecular weight is 315 g/mol. The van der Waals surface area contributed by atoms with E-state index >= 15 is 0 Å². The van der Waals surface area contributed by atoms with Gasteiger partial charge in [-0.25, -0.2) is 5.84 Å². The van der Waals surface area contributed by atoms with Gasteiger partial charge < -0.3 is 10.9 Å². The lowest BCUT2D eigenvalue weighted by Crippen LogP contribution is -2.35. The summed E-state index contributed by atoms with van der Waals surface area (Å²) in [5, 5.41) is 15.2. The summed E-state index contributed by atoms with van der Waals surface area (Å²) in [5.41, 5.74) is 1.51. The van der Waals surface area contributed by atoms with Crippen molar-refractivity contribution in [2.24, 2.45) is 16.8 Å². The monoisotopic (exact) mass is 314 g/mol. The maximum absolute atomic E-state index is 10.1. The van der Waals surface area contributed by atoms with Gasteiger partial charge in [0.15, 0.2) is 5.84 Å². The average Bonchev–Trinajstić information content (AvgIpc) is 2.29. The van der Waals surface area contributed by atoms with Crippen molar-refractivity contribution in [3.63, 3.8) is 0 Å². The van der Waals surface area contributed by atoms with Gasteiger partial charge in [-0.1, -0.05) is 35.3 Å². The Labute approximate surface area is 116 Å². The second-order valence-electron chi connectivity index (χ2n) is 4.10. The van der Waals surface area contributed by atoms with Gasteiger partial charge in [-0.05, 0) is 24.1 Å². The molecule has 1 aromatic rings. The first kappa shape index (κ1) is 14.9. The Morgan fingerprint density at radius 2 is 2.22 bits per heavy atom. The number of hydrogen-bond acceptors (Lipinski definition) is 4. The molecule has 0 saturated heterocycles. The number of hydrazine groups is 1. The maximum atomic E-state index is 10.1. The zero-order chi connectivity index (χ0) is 13.7. The smallest absolute Gasteiger partial charge is 0.169 e. The van der Waals surface area contributed by atoms with Gasteiger partial charge in [-0.3, -0.25) is 5.01 Å². The normalized spacial score (nSPS) is 13.5. The number of rotatable bonds is 4. The molecule has 0 bridgehead atoms. The summed E-state index contributed by atoms with van der Waals surface area (Å²) in [7, 11) is 1.66. The number of halogens is 1. The predicted molar refractivity (Wildman–Crippen MR) is 76.7 cm³/mol. The number of aliphatic hydroxyl groups excluding tert-OH is 1. The fourth-order valence-corrected chi connectivity index (χ4v) is 2.15. The number of nitrogens with zero attached hydrogens (tertiary/aromatic N) is 2. The Bertz CT molecular complexity index is 434. The highest BCUT2D eigenvalue weighted by molar-refractivity contribution is 9.10. The molecule has 0 radical (unpaired) electrons. The van der Waals surface area contributed by atoms with E-state index in [1.807, 2.05) is 25.1 Å². The Morgan fingerprint density at radius 1 is 1.56 bits per heavy atom. The van der Waals surface area contributed by atoms with Gasteiger partial charge in [-0.15, -0.1) is 0 Å². The van der Waals surface area contributed by atoms with Crippen molar-refractivity contribution in [2.45, 2.75) is 25.9 Å². The molecule has 0 amide bonds. The summed E-state index contributed by atoms with van der Waals surface area (Å²) in [4.78, 5) is 0. The van der Waals surface area contributed by atoms with Crippen LogP contribution < -0.4 is 11.7 Å². The zero-order valence-electron chi connectivity index (χ0n) is 10.6. The van der Waals surface area contributed by atoms with E-state index in [1.54, 1.807) is 7.05 Å². The summed E-state index contributed by atoms with van der Waals surface area (Å²) in [5.74, 6) is 11.5. The molecule has 0 heterocycles. The standard InChI is InChI=1S/C12H19BrN4O/c1-3-4-11(18)9-6-5-8(13)7-10(9)12(16-14)17(2)15/h5-7,11,18H,3-4,14-15H2,1-2H3/b16-12-. The van der Waals surface area contributed by atoms with Crippen LogP contribution in [-0.4, -0.2) is 23.0 Å². The highest BCUT2D eigenvalue weighted by Gasteiger charge is 2.17. The minimum Gasteiger partial charge on any atom is -0.388 e. The molecule has 0 spiro atoms. The van der Waals surface area contributed by atoms with Crippen LogP contribution in [0.1, 0.15) is 37.0 Å². The highest BCUT2D eigenvalue weighted by atomic mass is 79.9. The maximum Gasteiger partial charge on any atom is 0.169 e. The quantitative estimate of drug-likeness (QED) is 0.342. The molecular formula is C12H19BrN4O. The lowest BCUT2D eigenvalue weighted by molar-refractivity contribution is 0.166. The van der Waals surface area contributed by atoms with Crippen LogP contribution >= 0.6 is 15.9 Å². The van der Waals surface area contributed by atoms with E-state index in [-0.39, 0.29) is 0 Å². The minimum absolute atomic E-state index is 0.432. The second kappa shape index (κ2) is 6.72. The lowest BCUT2D eigenvalue weighted by Gasteiger charge is -2.20. The van der Waals surface area contributed by atoms with Crippen molar-refractivity contribution in [2.75, 3.05) is 7.05 Å². The Balaban J connectivity index is 3.27. The zero-order valence-corrected chi connectivity index (χ0v) is 12.2. The first-order chi connectivity index (χ1) is 8.51. The third kappa shape index (κ3) is 3.44. The van der Waals surface area contributed by atoms with Crippen LogP contribution in [-0.2, 0) is 0 Å². The van der Waals surface area contributed by atoms with E-state index < -0.39 is 6.10 Å². The third-order valence-corrected chi connectivity index (χ3v) is 3.13. The van der Waals surface area contributed by atoms with Gasteiger partial charge in [-0.2, -0.15) is 5.10 Å². The van der Waals surface area contributed by atoms with Crippen LogP contribution in [0.3, 0.4) is 0 Å². The van der Waals surface area contributed by atoms with Gasteiger partial charge in [0.2, 0.25) is 0 Å². The van der Waals surface area contributed by atoms with Crippen LogP contribution in [0.25, 0.3) is 0 Å². The highest BCUT2D eigenvalue weighted by Crippen LogP contribution is 2.26. The molecule has 18 heavy (non-hydrogen) atoms. The van der Waals surface area contributed by atoms with Gasteiger partial charge in [0.05, 0.1) is 6.10 Å². The van der Waals surface area contributed by atoms with E-state index in [9.17, 15) is 5.11 Å². The summed E-state index contributed by atoms with van der Waals surface area (Å²) >= 11 is 3.39. The number of aliphatic hydroxyl groups is 1. The second-order valence-corrected chi connectivity index (χ2v) is 5.02. The van der Waals surface area contributed by atoms with Crippen LogP contribution in [0, 0.1) is 0 Å². The molecule has 1 aromatic carbocycles. The lowest BCUT2D eigenvalue weighted by atomic mass is 9.98. The molecule has 5 nitrogen and oxygen atoms in total. The summed E-state index contributed by atoms with van der Waals surface area (Å²) < 4.78 is 0.882. The van der Waals surface area contributed by atoms with Gasteiger partial charge >= 0.3 is 0 Å². The SMILES string of the molecule is CCCC(O)c1ccc(Br)cc1/C(=N/N)N(C)N. The van der Waals surface area contributed by atoms with Gasteiger partial charge in [0.25, 0.3) is 0 Å². The van der Waals surface area contributed by atoms with Gasteiger partial charge in [0.1, 0.15) is 0 Å². The Hall–Kier alpha value is -1.11. The number of hydrazone groups is 1. The summed E-state index contributed by atoms with van der Waals surface area (Å²) in [6.07, 6.45) is 1.03. The summed E-state index contributed by atoms with van der Waals surface area (Å²) in [6.45, 7) is 2.02. The molecule has 100 valence electrons. The number of amidine groups is 1. The van der Waals surface area contributed by atoms with E-state index in [0.717, 1.165) is 22.0 Å². The third-order valence-electron chi connectivity index (χ3n) is 2.63. The van der Waals surface area contributed by atoms with Crippen LogP contribution in [0.4, 0.5) is 0 Å². The number of hydrogen-bond donors (Lipinski definition) is 3. The first-order valence-electron chi connectivity index (χ1n) is 5.75. The van der Waals surface area contributed by atoms with Crippen molar-refractivity contribution < 1.29 is 5.11 Å². The van der Waals surface area contributed by atoms with Crippen LogP contribution in [0.2, 0.25) is 0 Å². The Morgan fingerprint density at radius 3 is 2.72 bits per heavy atom. The predicted octanol–water partition coefficient (Wildman–Crippen LogP) is 1.71. The molecule has 0 aromatic heterocycles. The van der Waals surface area contributed by atoms with Crippen molar-refractivity contribution in [3.8, 4) is 0 Å². The van der Waals surface area contributed by atoms with Crippen molar-refractivity contribution in [1.82, 2.24) is 5.01 Å². The largest absolute Gasteiger partial charge is 0.388 e. The number of nitrogens with two attached hydrogens (primary N) is 2. The molecule has 6 heteroatoms. The van der Waals surface area contributed by atoms with E-state index in [4.69, 9.17) is 11.7 Å². The molecule has 0 aliphatic rings. The molecule has 5 N–H and O–H groups in total. The van der Waals surface area contributed by atoms with E-state index in [2.05, 4.69) is 21.0 Å². The molecule has 0 fully saturated rings. The minimum atomic E-state index is -0.546. The van der Waals surface area contributed by atoms with Crippen LogP contribution in [0.15, 0.2) is 27.8 Å². The fraction of sp³-hybridized carbons (Fsp3) is 0.417.